The summed E-state index contributed by atoms with van der Waals surface area (Å²) < 4.78 is 27.5. The number of nitrogens with one attached hydrogen (secondary N) is 1. The number of thiophene rings is 1. The predicted molar refractivity (Wildman–Crippen MR) is 82.6 cm³/mol. The van der Waals surface area contributed by atoms with Gasteiger partial charge in [0.15, 0.2) is 0 Å². The van der Waals surface area contributed by atoms with Crippen molar-refractivity contribution in [1.29, 1.82) is 5.26 Å². The second-order valence-corrected chi connectivity index (χ2v) is 7.70. The van der Waals surface area contributed by atoms with Gasteiger partial charge in [-0.2, -0.15) is 5.26 Å². The van der Waals surface area contributed by atoms with Gasteiger partial charge in [-0.3, -0.25) is 0 Å². The van der Waals surface area contributed by atoms with Crippen LogP contribution in [0.3, 0.4) is 0 Å². The van der Waals surface area contributed by atoms with Gasteiger partial charge in [-0.25, -0.2) is 13.1 Å². The Kier molecular flexibility index (Phi) is 4.94. The molecule has 0 aliphatic rings. The summed E-state index contributed by atoms with van der Waals surface area (Å²) in [6.45, 7) is 0.245. The van der Waals surface area contributed by atoms with E-state index in [2.05, 4.69) is 20.7 Å². The van der Waals surface area contributed by atoms with E-state index in [4.69, 9.17) is 5.26 Å². The third-order valence-corrected chi connectivity index (χ3v) is 5.83. The summed E-state index contributed by atoms with van der Waals surface area (Å²) >= 11 is 4.83. The number of nitrogens with zero attached hydrogens (tertiary/aromatic N) is 1. The third kappa shape index (κ3) is 3.90. The fourth-order valence-corrected chi connectivity index (χ4v) is 4.29. The van der Waals surface area contributed by atoms with E-state index in [1.54, 1.807) is 24.3 Å². The molecular formula is C13H11BrN2O2S2. The minimum atomic E-state index is -3.48. The molecule has 0 aliphatic heterocycles. The van der Waals surface area contributed by atoms with E-state index >= 15 is 0 Å². The number of sulfonamides is 1. The first kappa shape index (κ1) is 15.2. The molecule has 2 aromatic rings. The largest absolute Gasteiger partial charge is 0.216 e. The van der Waals surface area contributed by atoms with Crippen molar-refractivity contribution in [3.05, 3.63) is 56.2 Å². The molecule has 0 aliphatic carbocycles. The van der Waals surface area contributed by atoms with E-state index in [0.29, 0.717) is 11.1 Å². The molecule has 20 heavy (non-hydrogen) atoms. The molecule has 0 saturated carbocycles. The molecule has 0 spiro atoms. The van der Waals surface area contributed by atoms with Crippen molar-refractivity contribution in [2.75, 3.05) is 0 Å². The molecule has 0 fully saturated rings. The maximum Gasteiger partial charge on any atom is 0.216 e. The molecular weight excluding hydrogens is 360 g/mol. The molecule has 0 unspecified atom stereocenters. The van der Waals surface area contributed by atoms with Crippen LogP contribution in [0.15, 0.2) is 40.2 Å². The third-order valence-electron chi connectivity index (χ3n) is 2.63. The highest BCUT2D eigenvalue weighted by atomic mass is 79.9. The molecule has 7 heteroatoms. The van der Waals surface area contributed by atoms with Crippen molar-refractivity contribution in [2.24, 2.45) is 0 Å². The molecule has 2 rings (SSSR count). The van der Waals surface area contributed by atoms with Gasteiger partial charge in [-0.15, -0.1) is 11.3 Å². The number of halogens is 1. The summed E-state index contributed by atoms with van der Waals surface area (Å²) in [6, 6.07) is 10.6. The van der Waals surface area contributed by atoms with Crippen molar-refractivity contribution in [2.45, 2.75) is 12.3 Å². The lowest BCUT2D eigenvalue weighted by Crippen LogP contribution is -2.24. The normalized spacial score (nSPS) is 11.2. The molecule has 1 heterocycles. The van der Waals surface area contributed by atoms with Crippen LogP contribution in [-0.2, 0) is 22.3 Å². The van der Waals surface area contributed by atoms with Gasteiger partial charge in [0, 0.05) is 15.9 Å². The molecule has 1 N–H and O–H groups in total. The van der Waals surface area contributed by atoms with Crippen LogP contribution in [0.1, 0.15) is 16.0 Å². The summed E-state index contributed by atoms with van der Waals surface area (Å²) in [6.07, 6.45) is 0. The van der Waals surface area contributed by atoms with E-state index < -0.39 is 10.0 Å². The number of hydrogen-bond acceptors (Lipinski definition) is 4. The Bertz CT molecular complexity index is 748. The fraction of sp³-hybridized carbons (Fsp3) is 0.154. The highest BCUT2D eigenvalue weighted by Gasteiger charge is 2.14. The standard InChI is InChI=1S/C13H11BrN2O2S2/c14-12-5-6-19-13(12)8-16-20(17,18)9-11-4-2-1-3-10(11)7-15/h1-6,16H,8-9H2. The van der Waals surface area contributed by atoms with Crippen LogP contribution in [0.2, 0.25) is 0 Å². The second kappa shape index (κ2) is 6.50. The smallest absolute Gasteiger partial charge is 0.212 e. The van der Waals surface area contributed by atoms with Crippen molar-refractivity contribution in [3.63, 3.8) is 0 Å². The Balaban J connectivity index is 2.08. The fourth-order valence-electron chi connectivity index (χ4n) is 1.64. The minimum Gasteiger partial charge on any atom is -0.212 e. The van der Waals surface area contributed by atoms with E-state index in [0.717, 1.165) is 9.35 Å². The van der Waals surface area contributed by atoms with Crippen LogP contribution >= 0.6 is 27.3 Å². The van der Waals surface area contributed by atoms with Gasteiger partial charge in [-0.05, 0) is 39.0 Å². The Morgan fingerprint density at radius 2 is 2.05 bits per heavy atom. The van der Waals surface area contributed by atoms with E-state index in [-0.39, 0.29) is 12.3 Å². The lowest BCUT2D eigenvalue weighted by atomic mass is 10.1. The van der Waals surface area contributed by atoms with Crippen LogP contribution in [-0.4, -0.2) is 8.42 Å². The van der Waals surface area contributed by atoms with Crippen LogP contribution < -0.4 is 4.72 Å². The molecule has 0 atom stereocenters. The van der Waals surface area contributed by atoms with Crippen molar-refractivity contribution >= 4 is 37.3 Å². The Morgan fingerprint density at radius 3 is 2.70 bits per heavy atom. The van der Waals surface area contributed by atoms with E-state index in [1.165, 1.54) is 11.3 Å². The molecule has 0 bridgehead atoms. The average molecular weight is 371 g/mol. The van der Waals surface area contributed by atoms with Gasteiger partial charge in [0.1, 0.15) is 0 Å². The first-order chi connectivity index (χ1) is 9.52. The summed E-state index contributed by atoms with van der Waals surface area (Å²) in [5.74, 6) is -0.195. The average Bonchev–Trinajstić information content (AvgIpc) is 2.82. The first-order valence-electron chi connectivity index (χ1n) is 5.69. The van der Waals surface area contributed by atoms with Crippen LogP contribution in [0, 0.1) is 11.3 Å². The van der Waals surface area contributed by atoms with Crippen LogP contribution in [0.25, 0.3) is 0 Å². The zero-order valence-corrected chi connectivity index (χ0v) is 13.6. The number of nitriles is 1. The van der Waals surface area contributed by atoms with Gasteiger partial charge in [0.25, 0.3) is 0 Å². The minimum absolute atomic E-state index is 0.195. The SMILES string of the molecule is N#Cc1ccccc1CS(=O)(=O)NCc1sccc1Br. The van der Waals surface area contributed by atoms with Crippen LogP contribution in [0.4, 0.5) is 0 Å². The molecule has 0 amide bonds. The highest BCUT2D eigenvalue weighted by molar-refractivity contribution is 9.10. The lowest BCUT2D eigenvalue weighted by Gasteiger charge is -2.07. The first-order valence-corrected chi connectivity index (χ1v) is 9.01. The van der Waals surface area contributed by atoms with Gasteiger partial charge < -0.3 is 0 Å². The number of benzene rings is 1. The number of rotatable bonds is 5. The monoisotopic (exact) mass is 370 g/mol. The Morgan fingerprint density at radius 1 is 1.30 bits per heavy atom. The zero-order valence-electron chi connectivity index (χ0n) is 10.3. The second-order valence-electron chi connectivity index (χ2n) is 4.04. The van der Waals surface area contributed by atoms with Crippen molar-refractivity contribution in [3.8, 4) is 6.07 Å². The topological polar surface area (TPSA) is 70.0 Å². The molecule has 4 nitrogen and oxygen atoms in total. The van der Waals surface area contributed by atoms with E-state index in [9.17, 15) is 8.42 Å². The van der Waals surface area contributed by atoms with Crippen molar-refractivity contribution in [1.82, 2.24) is 4.72 Å². The zero-order chi connectivity index (χ0) is 14.6. The summed E-state index contributed by atoms with van der Waals surface area (Å²) in [4.78, 5) is 0.919. The quantitative estimate of drug-likeness (QED) is 0.879. The van der Waals surface area contributed by atoms with Gasteiger partial charge in [-0.1, -0.05) is 18.2 Å². The molecule has 1 aromatic heterocycles. The number of hydrogen-bond donors (Lipinski definition) is 1. The van der Waals surface area contributed by atoms with E-state index in [1.807, 2.05) is 17.5 Å². The maximum absolute atomic E-state index is 12.0. The summed E-state index contributed by atoms with van der Waals surface area (Å²) in [5.41, 5.74) is 0.892. The Hall–Kier alpha value is -1.20. The van der Waals surface area contributed by atoms with Gasteiger partial charge in [0.2, 0.25) is 10.0 Å². The Labute approximate surface area is 130 Å². The molecule has 0 saturated heterocycles. The summed E-state index contributed by atoms with van der Waals surface area (Å²) in [5, 5.41) is 10.8. The van der Waals surface area contributed by atoms with Gasteiger partial charge in [0.05, 0.1) is 17.4 Å². The highest BCUT2D eigenvalue weighted by Crippen LogP contribution is 2.22. The van der Waals surface area contributed by atoms with Gasteiger partial charge >= 0.3 is 0 Å². The maximum atomic E-state index is 12.0. The lowest BCUT2D eigenvalue weighted by molar-refractivity contribution is 0.581. The summed E-state index contributed by atoms with van der Waals surface area (Å²) in [7, 11) is -3.48. The molecule has 1 aromatic carbocycles. The predicted octanol–water partition coefficient (Wildman–Crippen LogP) is 3.00. The van der Waals surface area contributed by atoms with Crippen molar-refractivity contribution < 1.29 is 8.42 Å². The van der Waals surface area contributed by atoms with Crippen LogP contribution in [0.5, 0.6) is 0 Å². The molecule has 0 radical (unpaired) electrons. The molecule has 104 valence electrons.